The van der Waals surface area contributed by atoms with Gasteiger partial charge in [0.25, 0.3) is 11.6 Å². The molecule has 172 valence electrons. The first-order valence-electron chi connectivity index (χ1n) is 10.5. The molecule has 9 heteroatoms. The van der Waals surface area contributed by atoms with Gasteiger partial charge in [0.05, 0.1) is 29.3 Å². The van der Waals surface area contributed by atoms with E-state index in [1.807, 2.05) is 6.07 Å². The van der Waals surface area contributed by atoms with Gasteiger partial charge in [0.15, 0.2) is 11.5 Å². The SMILES string of the molecule is CCCCCCCCOc1c(Br)cc(/C=N/NC(=O)c2cccc([N+](=O)[O-])c2)cc1OC. The third-order valence-corrected chi connectivity index (χ3v) is 5.28. The highest BCUT2D eigenvalue weighted by Gasteiger charge is 2.12. The van der Waals surface area contributed by atoms with Gasteiger partial charge in [0, 0.05) is 17.7 Å². The van der Waals surface area contributed by atoms with E-state index in [4.69, 9.17) is 9.47 Å². The molecule has 0 saturated heterocycles. The number of nitrogens with zero attached hydrogens (tertiary/aromatic N) is 2. The van der Waals surface area contributed by atoms with E-state index in [1.54, 1.807) is 13.2 Å². The molecule has 0 aliphatic rings. The molecule has 2 rings (SSSR count). The molecule has 0 unspecified atom stereocenters. The van der Waals surface area contributed by atoms with Gasteiger partial charge in [-0.3, -0.25) is 14.9 Å². The number of benzene rings is 2. The number of carbonyl (C=O) groups excluding carboxylic acids is 1. The van der Waals surface area contributed by atoms with Crippen molar-refractivity contribution < 1.29 is 19.2 Å². The van der Waals surface area contributed by atoms with E-state index >= 15 is 0 Å². The number of hydrazone groups is 1. The Morgan fingerprint density at radius 3 is 2.66 bits per heavy atom. The van der Waals surface area contributed by atoms with E-state index in [9.17, 15) is 14.9 Å². The zero-order valence-electron chi connectivity index (χ0n) is 18.3. The smallest absolute Gasteiger partial charge is 0.271 e. The second-order valence-corrected chi connectivity index (χ2v) is 8.01. The fraction of sp³-hybridized carbons (Fsp3) is 0.391. The molecule has 0 aliphatic heterocycles. The molecule has 0 radical (unpaired) electrons. The standard InChI is InChI=1S/C23H28BrN3O5/c1-3-4-5-6-7-8-12-32-22-20(24)13-17(14-21(22)31-2)16-25-26-23(28)18-10-9-11-19(15-18)27(29)30/h9-11,13-16H,3-8,12H2,1-2H3,(H,26,28)/b25-16+. The molecule has 0 aliphatic carbocycles. The molecule has 0 fully saturated rings. The van der Waals surface area contributed by atoms with E-state index in [0.29, 0.717) is 28.1 Å². The Morgan fingerprint density at radius 2 is 1.94 bits per heavy atom. The van der Waals surface area contributed by atoms with Crippen molar-refractivity contribution in [2.24, 2.45) is 5.10 Å². The summed E-state index contributed by atoms with van der Waals surface area (Å²) in [5, 5.41) is 14.8. The third-order valence-electron chi connectivity index (χ3n) is 4.69. The van der Waals surface area contributed by atoms with Crippen molar-refractivity contribution in [2.45, 2.75) is 45.4 Å². The van der Waals surface area contributed by atoms with Crippen molar-refractivity contribution >= 4 is 33.7 Å². The van der Waals surface area contributed by atoms with Crippen LogP contribution in [0.2, 0.25) is 0 Å². The molecule has 0 atom stereocenters. The molecule has 2 aromatic carbocycles. The molecule has 0 spiro atoms. The van der Waals surface area contributed by atoms with Crippen LogP contribution in [0.4, 0.5) is 5.69 Å². The van der Waals surface area contributed by atoms with Gasteiger partial charge in [-0.1, -0.05) is 45.1 Å². The Kier molecular flexibility index (Phi) is 10.7. The van der Waals surface area contributed by atoms with Crippen molar-refractivity contribution in [3.05, 3.63) is 62.1 Å². The zero-order valence-corrected chi connectivity index (χ0v) is 19.9. The summed E-state index contributed by atoms with van der Waals surface area (Å²) in [6.45, 7) is 2.81. The van der Waals surface area contributed by atoms with E-state index in [-0.39, 0.29) is 11.3 Å². The molecule has 0 bridgehead atoms. The first kappa shape index (κ1) is 25.3. The summed E-state index contributed by atoms with van der Waals surface area (Å²) in [4.78, 5) is 22.5. The maximum atomic E-state index is 12.2. The van der Waals surface area contributed by atoms with E-state index in [0.717, 1.165) is 12.8 Å². The first-order valence-corrected chi connectivity index (χ1v) is 11.3. The van der Waals surface area contributed by atoms with Crippen LogP contribution in [0.25, 0.3) is 0 Å². The number of unbranched alkanes of at least 4 members (excludes halogenated alkanes) is 5. The summed E-state index contributed by atoms with van der Waals surface area (Å²) in [5.74, 6) is 0.630. The van der Waals surface area contributed by atoms with E-state index in [1.165, 1.54) is 56.2 Å². The molecular formula is C23H28BrN3O5. The lowest BCUT2D eigenvalue weighted by Crippen LogP contribution is -2.17. The number of ether oxygens (including phenoxy) is 2. The topological polar surface area (TPSA) is 103 Å². The average Bonchev–Trinajstić information content (AvgIpc) is 2.79. The highest BCUT2D eigenvalue weighted by molar-refractivity contribution is 9.10. The molecule has 0 heterocycles. The number of nitro benzene ring substituents is 1. The molecule has 0 aromatic heterocycles. The van der Waals surface area contributed by atoms with Crippen LogP contribution in [0.3, 0.4) is 0 Å². The molecule has 32 heavy (non-hydrogen) atoms. The van der Waals surface area contributed by atoms with Gasteiger partial charge in [0.2, 0.25) is 0 Å². The number of amides is 1. The third kappa shape index (κ3) is 7.96. The predicted octanol–water partition coefficient (Wildman–Crippen LogP) is 5.87. The van der Waals surface area contributed by atoms with Gasteiger partial charge < -0.3 is 9.47 Å². The van der Waals surface area contributed by atoms with Crippen LogP contribution in [0.1, 0.15) is 61.4 Å². The minimum absolute atomic E-state index is 0.147. The summed E-state index contributed by atoms with van der Waals surface area (Å²) < 4.78 is 12.1. The van der Waals surface area contributed by atoms with Crippen LogP contribution >= 0.6 is 15.9 Å². The van der Waals surface area contributed by atoms with Crippen molar-refractivity contribution in [3.63, 3.8) is 0 Å². The van der Waals surface area contributed by atoms with Crippen LogP contribution < -0.4 is 14.9 Å². The Balaban J connectivity index is 1.95. The molecule has 1 N–H and O–H groups in total. The Hall–Kier alpha value is -2.94. The lowest BCUT2D eigenvalue weighted by atomic mass is 10.1. The summed E-state index contributed by atoms with van der Waals surface area (Å²) >= 11 is 3.50. The normalized spacial score (nSPS) is 10.8. The second kappa shape index (κ2) is 13.5. The Labute approximate surface area is 196 Å². The number of hydrogen-bond donors (Lipinski definition) is 1. The fourth-order valence-electron chi connectivity index (χ4n) is 3.00. The number of carbonyl (C=O) groups is 1. The average molecular weight is 506 g/mol. The van der Waals surface area contributed by atoms with Crippen LogP contribution in [0.5, 0.6) is 11.5 Å². The Morgan fingerprint density at radius 1 is 1.19 bits per heavy atom. The second-order valence-electron chi connectivity index (χ2n) is 7.16. The van der Waals surface area contributed by atoms with E-state index < -0.39 is 10.8 Å². The number of nitro groups is 1. The van der Waals surface area contributed by atoms with E-state index in [2.05, 4.69) is 33.4 Å². The number of rotatable bonds is 13. The van der Waals surface area contributed by atoms with Crippen molar-refractivity contribution in [1.29, 1.82) is 0 Å². The molecular weight excluding hydrogens is 478 g/mol. The maximum absolute atomic E-state index is 12.2. The minimum atomic E-state index is -0.556. The number of non-ortho nitro benzene ring substituents is 1. The first-order chi connectivity index (χ1) is 15.5. The van der Waals surface area contributed by atoms with Gasteiger partial charge in [-0.05, 0) is 46.1 Å². The van der Waals surface area contributed by atoms with Crippen molar-refractivity contribution in [2.75, 3.05) is 13.7 Å². The summed E-state index contributed by atoms with van der Waals surface area (Å²) in [6, 6.07) is 9.00. The maximum Gasteiger partial charge on any atom is 0.271 e. The summed E-state index contributed by atoms with van der Waals surface area (Å²) in [7, 11) is 1.56. The monoisotopic (exact) mass is 505 g/mol. The zero-order chi connectivity index (χ0) is 23.3. The number of hydrogen-bond acceptors (Lipinski definition) is 6. The largest absolute Gasteiger partial charge is 0.493 e. The number of halogens is 1. The lowest BCUT2D eigenvalue weighted by Gasteiger charge is -2.13. The summed E-state index contributed by atoms with van der Waals surface area (Å²) in [6.07, 6.45) is 8.55. The molecule has 2 aromatic rings. The minimum Gasteiger partial charge on any atom is -0.493 e. The summed E-state index contributed by atoms with van der Waals surface area (Å²) in [5.41, 5.74) is 3.04. The van der Waals surface area contributed by atoms with Crippen molar-refractivity contribution in [3.8, 4) is 11.5 Å². The van der Waals surface area contributed by atoms with Gasteiger partial charge in [-0.2, -0.15) is 5.10 Å². The number of methoxy groups -OCH3 is 1. The molecule has 0 saturated carbocycles. The van der Waals surface area contributed by atoms with Crippen molar-refractivity contribution in [1.82, 2.24) is 5.43 Å². The van der Waals surface area contributed by atoms with Crippen LogP contribution in [0.15, 0.2) is 46.0 Å². The Bertz CT molecular complexity index is 949. The van der Waals surface area contributed by atoms with Crippen LogP contribution in [-0.2, 0) is 0 Å². The fourth-order valence-corrected chi connectivity index (χ4v) is 3.58. The molecule has 1 amide bonds. The quantitative estimate of drug-likeness (QED) is 0.158. The van der Waals surface area contributed by atoms with Gasteiger partial charge >= 0.3 is 0 Å². The lowest BCUT2D eigenvalue weighted by molar-refractivity contribution is -0.384. The van der Waals surface area contributed by atoms with Gasteiger partial charge in [0.1, 0.15) is 0 Å². The van der Waals surface area contributed by atoms with Crippen LogP contribution in [-0.4, -0.2) is 30.8 Å². The number of nitrogens with one attached hydrogen (secondary N) is 1. The molecule has 8 nitrogen and oxygen atoms in total. The predicted molar refractivity (Wildman–Crippen MR) is 128 cm³/mol. The highest BCUT2D eigenvalue weighted by Crippen LogP contribution is 2.36. The van der Waals surface area contributed by atoms with Gasteiger partial charge in [-0.25, -0.2) is 5.43 Å². The highest BCUT2D eigenvalue weighted by atomic mass is 79.9. The van der Waals surface area contributed by atoms with Crippen LogP contribution in [0, 0.1) is 10.1 Å². The van der Waals surface area contributed by atoms with Gasteiger partial charge in [-0.15, -0.1) is 0 Å².